The fourth-order valence-corrected chi connectivity index (χ4v) is 13.5. The molecule has 5 fully saturated rings. The Bertz CT molecular complexity index is 2360. The average molecular weight is 968 g/mol. The summed E-state index contributed by atoms with van der Waals surface area (Å²) in [6.07, 6.45) is 13.0. The molecule has 7 atom stereocenters. The summed E-state index contributed by atoms with van der Waals surface area (Å²) in [5.41, 5.74) is -0.348. The minimum absolute atomic E-state index is 0.00981. The van der Waals surface area contributed by atoms with E-state index < -0.39 is 76.3 Å². The topological polar surface area (TPSA) is 218 Å². The Morgan fingerprint density at radius 3 is 2.46 bits per heavy atom. The van der Waals surface area contributed by atoms with E-state index in [9.17, 15) is 27.4 Å². The molecule has 3 heterocycles. The third kappa shape index (κ3) is 11.2. The van der Waals surface area contributed by atoms with Crippen LogP contribution < -0.4 is 24.8 Å². The number of hydrogen-bond acceptors (Lipinski definition) is 13. The fourth-order valence-electron chi connectivity index (χ4n) is 10.5. The maximum Gasteiger partial charge on any atom is 0.408 e. The standard InChI is InChI=1S/C48H66N5O12PS/c1-4-33-29-48(33,46(56)52-67(59,60)35-24-25-35)51-43(54)39-28-34-30-53(39)45(55)41(32-17-10-11-18-32)50-47(57)65-40-23-14-19-31(40)16-8-7-9-21-37-42(36-20-12-13-22-38(36)49-44(37)64-34)61-26-15-27-66(58,62-5-2)63-6-3/h4,7,9,12-13,20,22,31-35,39-41H,1,5-6,8,10-11,14-19,21,23-30H2,2-3H3,(H,50,57)(H,51,54)(H,52,56)/b9-7+/t31-,33-,34-,39+,40-,41+,48-/m1/s1. The molecule has 0 spiro atoms. The number of para-hydroxylation sites is 1. The second-order valence-corrected chi connectivity index (χ2v) is 23.0. The third-order valence-electron chi connectivity index (χ3n) is 14.2. The third-order valence-corrected chi connectivity index (χ3v) is 18.2. The lowest BCUT2D eigenvalue weighted by molar-refractivity contribution is -0.142. The quantitative estimate of drug-likeness (QED) is 0.0915. The predicted molar refractivity (Wildman–Crippen MR) is 250 cm³/mol. The van der Waals surface area contributed by atoms with E-state index in [2.05, 4.69) is 28.0 Å². The van der Waals surface area contributed by atoms with Gasteiger partial charge in [0.1, 0.15) is 35.6 Å². The highest BCUT2D eigenvalue weighted by atomic mass is 32.2. The molecule has 6 aliphatic rings. The molecule has 1 aromatic heterocycles. The number of alkyl carbamates (subject to hydrolysis) is 1. The number of fused-ring (bicyclic) bond motifs is 5. The van der Waals surface area contributed by atoms with Crippen LogP contribution in [-0.4, -0.2) is 110 Å². The molecule has 2 aliphatic heterocycles. The fraction of sp³-hybridized carbons (Fsp3) is 0.646. The van der Waals surface area contributed by atoms with E-state index in [0.29, 0.717) is 55.4 Å². The maximum absolute atomic E-state index is 15.1. The van der Waals surface area contributed by atoms with Crippen LogP contribution in [0.4, 0.5) is 4.79 Å². The van der Waals surface area contributed by atoms with Crippen LogP contribution in [0.15, 0.2) is 49.1 Å². The van der Waals surface area contributed by atoms with Crippen molar-refractivity contribution < 1.29 is 55.4 Å². The SMILES string of the molecule is C=C[C@@H]1C[C@]1(NC(=O)[C@@H]1C[C@@H]2CN1C(=O)[C@H](C1CCCC1)NC(=O)O[C@@H]1CCC[C@H]1CC/C=C/Cc1c(nc3ccccc3c1OCCCP(=O)(OCC)OCC)O2)C(=O)NS(=O)(=O)C1CC1. The number of carbonyl (C=O) groups excluding carboxylic acids is 4. The van der Waals surface area contributed by atoms with E-state index in [4.69, 9.17) is 28.2 Å². The molecule has 366 valence electrons. The number of nitrogens with zero attached hydrogens (tertiary/aromatic N) is 2. The van der Waals surface area contributed by atoms with Crippen molar-refractivity contribution in [3.05, 3.63) is 54.6 Å². The van der Waals surface area contributed by atoms with Crippen LogP contribution in [0.2, 0.25) is 0 Å². The summed E-state index contributed by atoms with van der Waals surface area (Å²) in [5, 5.41) is 5.90. The highest BCUT2D eigenvalue weighted by Crippen LogP contribution is 2.49. The summed E-state index contributed by atoms with van der Waals surface area (Å²) in [7, 11) is -7.27. The summed E-state index contributed by atoms with van der Waals surface area (Å²) >= 11 is 0. The van der Waals surface area contributed by atoms with Crippen LogP contribution in [0.3, 0.4) is 0 Å². The molecule has 1 saturated heterocycles. The molecular weight excluding hydrogens is 902 g/mol. The molecule has 2 bridgehead atoms. The minimum Gasteiger partial charge on any atom is -0.492 e. The second kappa shape index (κ2) is 21.0. The zero-order valence-corrected chi connectivity index (χ0v) is 40.4. The van der Waals surface area contributed by atoms with Crippen molar-refractivity contribution in [1.82, 2.24) is 25.2 Å². The number of ether oxygens (including phenoxy) is 3. The van der Waals surface area contributed by atoms with Crippen LogP contribution in [0, 0.1) is 17.8 Å². The highest BCUT2D eigenvalue weighted by Gasteiger charge is 2.62. The molecule has 3 N–H and O–H groups in total. The van der Waals surface area contributed by atoms with Gasteiger partial charge >= 0.3 is 13.7 Å². The number of benzene rings is 1. The first-order valence-electron chi connectivity index (χ1n) is 24.3. The Balaban J connectivity index is 1.14. The normalized spacial score (nSPS) is 28.8. The molecule has 17 nitrogen and oxygen atoms in total. The van der Waals surface area contributed by atoms with Crippen molar-refractivity contribution >= 4 is 52.3 Å². The molecule has 67 heavy (non-hydrogen) atoms. The lowest BCUT2D eigenvalue weighted by atomic mass is 9.96. The van der Waals surface area contributed by atoms with Gasteiger partial charge in [-0.25, -0.2) is 18.2 Å². The number of nitrogens with one attached hydrogen (secondary N) is 3. The summed E-state index contributed by atoms with van der Waals surface area (Å²) in [4.78, 5) is 63.8. The molecule has 2 aromatic rings. The van der Waals surface area contributed by atoms with Gasteiger partial charge < -0.3 is 38.8 Å². The first-order chi connectivity index (χ1) is 32.3. The van der Waals surface area contributed by atoms with Crippen LogP contribution >= 0.6 is 7.60 Å². The Kier molecular flexibility index (Phi) is 15.3. The van der Waals surface area contributed by atoms with Crippen LogP contribution in [0.5, 0.6) is 11.6 Å². The molecule has 0 radical (unpaired) electrons. The molecule has 4 saturated carbocycles. The van der Waals surface area contributed by atoms with Gasteiger partial charge in [-0.15, -0.1) is 6.58 Å². The van der Waals surface area contributed by atoms with Gasteiger partial charge in [0.25, 0.3) is 5.91 Å². The summed E-state index contributed by atoms with van der Waals surface area (Å²) in [6.45, 7) is 7.99. The van der Waals surface area contributed by atoms with Gasteiger partial charge in [0.05, 0.1) is 48.9 Å². The summed E-state index contributed by atoms with van der Waals surface area (Å²) in [5.74, 6) is -1.80. The monoisotopic (exact) mass is 967 g/mol. The zero-order valence-electron chi connectivity index (χ0n) is 38.7. The van der Waals surface area contributed by atoms with Gasteiger partial charge in [-0.3, -0.25) is 23.7 Å². The lowest BCUT2D eigenvalue weighted by Crippen LogP contribution is -2.59. The number of amides is 4. The van der Waals surface area contributed by atoms with Crippen LogP contribution in [0.25, 0.3) is 10.9 Å². The van der Waals surface area contributed by atoms with Gasteiger partial charge in [0.15, 0.2) is 0 Å². The smallest absolute Gasteiger partial charge is 0.408 e. The highest BCUT2D eigenvalue weighted by molar-refractivity contribution is 7.91. The molecule has 0 unspecified atom stereocenters. The summed E-state index contributed by atoms with van der Waals surface area (Å²) in [6, 6.07) is 5.35. The molecule has 4 amide bonds. The number of sulfonamides is 1. The van der Waals surface area contributed by atoms with Crippen LogP contribution in [0.1, 0.15) is 109 Å². The summed E-state index contributed by atoms with van der Waals surface area (Å²) < 4.78 is 72.0. The first-order valence-corrected chi connectivity index (χ1v) is 27.6. The van der Waals surface area contributed by atoms with Crippen LogP contribution in [-0.2, 0) is 49.2 Å². The number of carbonyl (C=O) groups is 4. The molecule has 1 aromatic carbocycles. The Morgan fingerprint density at radius 2 is 1.75 bits per heavy atom. The van der Waals surface area contributed by atoms with Gasteiger partial charge in [0.2, 0.25) is 27.7 Å². The number of pyridine rings is 1. The Hall–Kier alpha value is -4.51. The van der Waals surface area contributed by atoms with Crippen molar-refractivity contribution in [2.45, 2.75) is 145 Å². The van der Waals surface area contributed by atoms with Crippen molar-refractivity contribution in [2.24, 2.45) is 17.8 Å². The van der Waals surface area contributed by atoms with E-state index in [0.717, 1.165) is 50.3 Å². The van der Waals surface area contributed by atoms with Gasteiger partial charge in [-0.2, -0.15) is 0 Å². The van der Waals surface area contributed by atoms with E-state index in [1.165, 1.54) is 11.0 Å². The van der Waals surface area contributed by atoms with Crippen molar-refractivity contribution in [3.8, 4) is 11.6 Å². The zero-order chi connectivity index (χ0) is 47.3. The molecule has 19 heteroatoms. The predicted octanol–water partition coefficient (Wildman–Crippen LogP) is 6.63. The Labute approximate surface area is 393 Å². The van der Waals surface area contributed by atoms with Gasteiger partial charge in [0, 0.05) is 17.7 Å². The Morgan fingerprint density at radius 1 is 1.00 bits per heavy atom. The molecule has 4 aliphatic carbocycles. The van der Waals surface area contributed by atoms with Crippen molar-refractivity contribution in [2.75, 3.05) is 32.5 Å². The van der Waals surface area contributed by atoms with E-state index >= 15 is 4.79 Å². The van der Waals surface area contributed by atoms with Crippen molar-refractivity contribution in [1.29, 1.82) is 0 Å². The molecule has 8 rings (SSSR count). The largest absolute Gasteiger partial charge is 0.492 e. The van der Waals surface area contributed by atoms with E-state index in [-0.39, 0.29) is 69.2 Å². The molecular formula is C48H66N5O12PS. The van der Waals surface area contributed by atoms with Crippen molar-refractivity contribution in [3.63, 3.8) is 0 Å². The maximum atomic E-state index is 15.1. The minimum atomic E-state index is -3.94. The number of rotatable bonds is 16. The van der Waals surface area contributed by atoms with Gasteiger partial charge in [-0.1, -0.05) is 43.2 Å². The average Bonchev–Trinajstić information content (AvgIpc) is 4.09. The van der Waals surface area contributed by atoms with E-state index in [1.807, 2.05) is 30.3 Å². The van der Waals surface area contributed by atoms with Gasteiger partial charge in [-0.05, 0) is 115 Å². The second-order valence-electron chi connectivity index (χ2n) is 18.8. The lowest BCUT2D eigenvalue weighted by Gasteiger charge is -2.32. The first kappa shape index (κ1) is 48.9. The number of hydrogen-bond donors (Lipinski definition) is 3. The number of aromatic nitrogens is 1. The number of allylic oxidation sites excluding steroid dienone is 2. The van der Waals surface area contributed by atoms with E-state index in [1.54, 1.807) is 13.8 Å².